The molecule has 204 valence electrons. The molecule has 1 aromatic carbocycles. The first-order valence-corrected chi connectivity index (χ1v) is 15.7. The van der Waals surface area contributed by atoms with Crippen LogP contribution in [0.4, 0.5) is 19.1 Å². The van der Waals surface area contributed by atoms with Gasteiger partial charge in [0, 0.05) is 38.9 Å². The van der Waals surface area contributed by atoms with Crippen molar-refractivity contribution < 1.29 is 17.6 Å². The van der Waals surface area contributed by atoms with E-state index in [1.54, 1.807) is 22.8 Å². The quantitative estimate of drug-likeness (QED) is 0.306. The van der Waals surface area contributed by atoms with Crippen LogP contribution < -0.4 is 10.2 Å². The van der Waals surface area contributed by atoms with Gasteiger partial charge in [0.25, 0.3) is 5.92 Å². The average Bonchev–Trinajstić information content (AvgIpc) is 3.19. The molecular weight excluding hydrogens is 509 g/mol. The molecule has 0 unspecified atom stereocenters. The van der Waals surface area contributed by atoms with E-state index in [0.29, 0.717) is 41.4 Å². The fourth-order valence-corrected chi connectivity index (χ4v) is 5.33. The predicted molar refractivity (Wildman–Crippen MR) is 144 cm³/mol. The van der Waals surface area contributed by atoms with E-state index in [-0.39, 0.29) is 31.1 Å². The third kappa shape index (κ3) is 6.03. The largest absolute Gasteiger partial charge is 0.416 e. The minimum Gasteiger partial charge on any atom is -0.416 e. The Kier molecular flexibility index (Phi) is 7.88. The highest BCUT2D eigenvalue weighted by atomic mass is 28.4. The first-order chi connectivity index (χ1) is 17.8. The van der Waals surface area contributed by atoms with Crippen molar-refractivity contribution in [1.82, 2.24) is 19.9 Å². The van der Waals surface area contributed by atoms with Crippen molar-refractivity contribution in [2.75, 3.05) is 31.1 Å². The molecule has 1 atom stereocenters. The normalized spacial score (nSPS) is 18.1. The Balaban J connectivity index is 1.55. The second-order valence-corrected chi connectivity index (χ2v) is 16.2. The maximum atomic E-state index is 15.0. The third-order valence-electron chi connectivity index (χ3n) is 7.64. The summed E-state index contributed by atoms with van der Waals surface area (Å²) < 4.78 is 52.0. The lowest BCUT2D eigenvalue weighted by Gasteiger charge is -2.40. The summed E-state index contributed by atoms with van der Waals surface area (Å²) >= 11 is 0. The van der Waals surface area contributed by atoms with E-state index in [0.717, 1.165) is 0 Å². The highest BCUT2D eigenvalue weighted by Crippen LogP contribution is 2.36. The number of aromatic nitrogens is 3. The minimum atomic E-state index is -2.88. The maximum Gasteiger partial charge on any atom is 0.266 e. The van der Waals surface area contributed by atoms with Gasteiger partial charge in [-0.05, 0) is 48.5 Å². The monoisotopic (exact) mass is 544 g/mol. The zero-order chi connectivity index (χ0) is 27.7. The Labute approximate surface area is 222 Å². The number of rotatable bonds is 8. The highest BCUT2D eigenvalue weighted by molar-refractivity contribution is 6.74. The molecule has 3 aromatic rings. The SMILES string of the molecule is CC(C)(C)[Si](C)(C)OCCN[C@@H]1CN(c2nc3ccc(F)cc3n2Cc2ccc(C#N)cn2)CCC1(F)F. The number of fused-ring (bicyclic) bond motifs is 1. The molecule has 0 radical (unpaired) electrons. The van der Waals surface area contributed by atoms with Crippen LogP contribution in [0.3, 0.4) is 0 Å². The fraction of sp³-hybridized carbons (Fsp3) is 0.519. The topological polar surface area (TPSA) is 79.0 Å². The van der Waals surface area contributed by atoms with Crippen LogP contribution in [0.1, 0.15) is 38.4 Å². The summed E-state index contributed by atoms with van der Waals surface area (Å²) in [7, 11) is -1.97. The van der Waals surface area contributed by atoms with Crippen molar-refractivity contribution >= 4 is 25.3 Å². The van der Waals surface area contributed by atoms with Crippen LogP contribution in [0.25, 0.3) is 11.0 Å². The van der Waals surface area contributed by atoms with Crippen molar-refractivity contribution in [3.63, 3.8) is 0 Å². The smallest absolute Gasteiger partial charge is 0.266 e. The summed E-state index contributed by atoms with van der Waals surface area (Å²) in [6, 6.07) is 8.65. The Morgan fingerprint density at radius 3 is 2.66 bits per heavy atom. The molecule has 1 N–H and O–H groups in total. The van der Waals surface area contributed by atoms with Gasteiger partial charge in [0.1, 0.15) is 11.9 Å². The van der Waals surface area contributed by atoms with E-state index < -0.39 is 26.1 Å². The lowest BCUT2D eigenvalue weighted by molar-refractivity contribution is -0.0519. The van der Waals surface area contributed by atoms with Crippen LogP contribution in [-0.2, 0) is 11.0 Å². The van der Waals surface area contributed by atoms with Crippen LogP contribution in [0.2, 0.25) is 18.1 Å². The van der Waals surface area contributed by atoms with Crippen molar-refractivity contribution in [3.05, 3.63) is 53.6 Å². The summed E-state index contributed by atoms with van der Waals surface area (Å²) in [5.74, 6) is -2.81. The summed E-state index contributed by atoms with van der Waals surface area (Å²) in [5, 5.41) is 12.1. The van der Waals surface area contributed by atoms with Crippen LogP contribution >= 0.6 is 0 Å². The Morgan fingerprint density at radius 2 is 2.00 bits per heavy atom. The van der Waals surface area contributed by atoms with Gasteiger partial charge in [-0.15, -0.1) is 0 Å². The number of nitrogens with one attached hydrogen (secondary N) is 1. The molecule has 0 saturated carbocycles. The standard InChI is InChI=1S/C27H35F3N6OSi/c1-26(2,3)38(4,5)37-13-11-32-24-18-35(12-10-27(24,29)30)25-34-22-9-7-20(28)14-23(22)36(25)17-21-8-6-19(15-31)16-33-21/h6-9,14,16,24,32H,10-13,17-18H2,1-5H3/t24-/m1/s1. The average molecular weight is 545 g/mol. The van der Waals surface area contributed by atoms with Gasteiger partial charge >= 0.3 is 0 Å². The van der Waals surface area contributed by atoms with Gasteiger partial charge in [0.15, 0.2) is 8.32 Å². The van der Waals surface area contributed by atoms with Gasteiger partial charge in [0.2, 0.25) is 5.95 Å². The molecule has 4 rings (SSSR count). The molecule has 38 heavy (non-hydrogen) atoms. The van der Waals surface area contributed by atoms with Crippen molar-refractivity contribution in [1.29, 1.82) is 5.26 Å². The molecule has 1 fully saturated rings. The molecule has 2 aromatic heterocycles. The van der Waals surface area contributed by atoms with E-state index in [2.05, 4.69) is 44.2 Å². The number of hydrogen-bond acceptors (Lipinski definition) is 6. The zero-order valence-electron chi connectivity index (χ0n) is 22.6. The summed E-state index contributed by atoms with van der Waals surface area (Å²) in [4.78, 5) is 10.9. The van der Waals surface area contributed by atoms with Crippen LogP contribution in [-0.4, -0.2) is 61.1 Å². The molecular formula is C27H35F3N6OSi. The Hall–Kier alpha value is -2.94. The molecule has 0 spiro atoms. The molecule has 0 bridgehead atoms. The van der Waals surface area contributed by atoms with Crippen LogP contribution in [0.15, 0.2) is 36.5 Å². The van der Waals surface area contributed by atoms with Crippen molar-refractivity contribution in [2.24, 2.45) is 0 Å². The second-order valence-electron chi connectivity index (χ2n) is 11.4. The lowest BCUT2D eigenvalue weighted by Crippen LogP contribution is -2.58. The summed E-state index contributed by atoms with van der Waals surface area (Å²) in [5.41, 5.74) is 2.20. The summed E-state index contributed by atoms with van der Waals surface area (Å²) in [6.45, 7) is 11.8. The van der Waals surface area contributed by atoms with E-state index in [4.69, 9.17) is 14.7 Å². The number of hydrogen-bond donors (Lipinski definition) is 1. The van der Waals surface area contributed by atoms with Crippen molar-refractivity contribution in [2.45, 2.75) is 63.8 Å². The molecule has 0 aliphatic carbocycles. The lowest BCUT2D eigenvalue weighted by atomic mass is 10.0. The van der Waals surface area contributed by atoms with E-state index in [1.807, 2.05) is 11.0 Å². The first kappa shape index (κ1) is 28.1. The molecule has 3 heterocycles. The number of benzene rings is 1. The molecule has 1 saturated heterocycles. The Morgan fingerprint density at radius 1 is 1.24 bits per heavy atom. The maximum absolute atomic E-state index is 15.0. The van der Waals surface area contributed by atoms with Gasteiger partial charge < -0.3 is 19.2 Å². The number of nitriles is 1. The second kappa shape index (κ2) is 10.7. The number of alkyl halides is 2. The van der Waals surface area contributed by atoms with Crippen LogP contribution in [0.5, 0.6) is 0 Å². The third-order valence-corrected chi connectivity index (χ3v) is 12.2. The molecule has 1 aliphatic heterocycles. The number of nitrogens with zero attached hydrogens (tertiary/aromatic N) is 5. The first-order valence-electron chi connectivity index (χ1n) is 12.8. The molecule has 11 heteroatoms. The fourth-order valence-electron chi connectivity index (χ4n) is 4.28. The van der Waals surface area contributed by atoms with Gasteiger partial charge in [-0.1, -0.05) is 20.8 Å². The number of piperidine rings is 1. The summed E-state index contributed by atoms with van der Waals surface area (Å²) in [6.07, 6.45) is 1.14. The molecule has 1 aliphatic rings. The van der Waals surface area contributed by atoms with E-state index >= 15 is 0 Å². The number of pyridine rings is 1. The Bertz CT molecular complexity index is 1310. The van der Waals surface area contributed by atoms with E-state index in [9.17, 15) is 13.2 Å². The number of imidazole rings is 1. The van der Waals surface area contributed by atoms with Gasteiger partial charge in [-0.2, -0.15) is 5.26 Å². The molecule has 0 amide bonds. The predicted octanol–water partition coefficient (Wildman–Crippen LogP) is 5.32. The zero-order valence-corrected chi connectivity index (χ0v) is 23.6. The molecule has 7 nitrogen and oxygen atoms in total. The highest BCUT2D eigenvalue weighted by Gasteiger charge is 2.45. The van der Waals surface area contributed by atoms with Gasteiger partial charge in [0.05, 0.1) is 34.9 Å². The van der Waals surface area contributed by atoms with Gasteiger partial charge in [-0.3, -0.25) is 4.98 Å². The van der Waals surface area contributed by atoms with Gasteiger partial charge in [-0.25, -0.2) is 18.2 Å². The van der Waals surface area contributed by atoms with Crippen molar-refractivity contribution in [3.8, 4) is 6.07 Å². The number of halogens is 3. The minimum absolute atomic E-state index is 0.0414. The number of anilines is 1. The van der Waals surface area contributed by atoms with Crippen LogP contribution in [0, 0.1) is 17.1 Å². The van der Waals surface area contributed by atoms with E-state index in [1.165, 1.54) is 18.3 Å².